The van der Waals surface area contributed by atoms with Gasteiger partial charge in [0.25, 0.3) is 6.10 Å². The Bertz CT molecular complexity index is 425. The van der Waals surface area contributed by atoms with E-state index in [2.05, 4.69) is 0 Å². The molecule has 0 N–H and O–H groups in total. The Morgan fingerprint density at radius 2 is 1.55 bits per heavy atom. The molecule has 0 fully saturated rings. The molecule has 0 aliphatic rings. The summed E-state index contributed by atoms with van der Waals surface area (Å²) in [6.07, 6.45) is 0.561. The van der Waals surface area contributed by atoms with Gasteiger partial charge in [-0.1, -0.05) is 0 Å². The zero-order chi connectivity index (χ0) is 15.0. The second-order valence-corrected chi connectivity index (χ2v) is 4.56. The highest BCUT2D eigenvalue weighted by Gasteiger charge is 2.31. The van der Waals surface area contributed by atoms with E-state index in [1.807, 2.05) is 18.4 Å². The highest BCUT2D eigenvalue weighted by Crippen LogP contribution is 2.20. The first-order valence-corrected chi connectivity index (χ1v) is 7.48. The second-order valence-electron chi connectivity index (χ2n) is 3.68. The molecule has 0 saturated carbocycles. The van der Waals surface area contributed by atoms with Gasteiger partial charge in [0.05, 0.1) is 13.2 Å². The van der Waals surface area contributed by atoms with Gasteiger partial charge in [0.2, 0.25) is 0 Å². The summed E-state index contributed by atoms with van der Waals surface area (Å²) in [5, 5.41) is 0. The lowest BCUT2D eigenvalue weighted by molar-refractivity contribution is -0.166. The lowest BCUT2D eigenvalue weighted by atomic mass is 10.3. The topological polar surface area (TPSA) is 61.8 Å². The highest BCUT2D eigenvalue weighted by molar-refractivity contribution is 7.98. The van der Waals surface area contributed by atoms with E-state index in [4.69, 9.17) is 14.2 Å². The van der Waals surface area contributed by atoms with Crippen molar-refractivity contribution in [3.63, 3.8) is 0 Å². The number of ether oxygens (including phenoxy) is 3. The molecule has 110 valence electrons. The Labute approximate surface area is 122 Å². The summed E-state index contributed by atoms with van der Waals surface area (Å²) in [6.45, 7) is 3.66. The average Bonchev–Trinajstić information content (AvgIpc) is 2.45. The van der Waals surface area contributed by atoms with Gasteiger partial charge in [0.15, 0.2) is 0 Å². The fourth-order valence-electron chi connectivity index (χ4n) is 1.42. The van der Waals surface area contributed by atoms with Gasteiger partial charge < -0.3 is 14.2 Å². The first kappa shape index (κ1) is 16.4. The molecule has 1 aromatic rings. The zero-order valence-corrected chi connectivity index (χ0v) is 12.6. The first-order valence-electron chi connectivity index (χ1n) is 6.26. The third kappa shape index (κ3) is 4.77. The Balaban J connectivity index is 2.81. The van der Waals surface area contributed by atoms with Crippen LogP contribution in [0.1, 0.15) is 13.8 Å². The molecule has 20 heavy (non-hydrogen) atoms. The molecule has 0 saturated heterocycles. The number of benzene rings is 1. The van der Waals surface area contributed by atoms with Crippen LogP contribution in [0.3, 0.4) is 0 Å². The van der Waals surface area contributed by atoms with E-state index in [-0.39, 0.29) is 13.2 Å². The molecule has 0 amide bonds. The van der Waals surface area contributed by atoms with Crippen LogP contribution in [0.5, 0.6) is 5.75 Å². The Kier molecular flexibility index (Phi) is 6.93. The summed E-state index contributed by atoms with van der Waals surface area (Å²) in [4.78, 5) is 24.5. The average molecular weight is 298 g/mol. The maximum absolute atomic E-state index is 11.7. The normalized spacial score (nSPS) is 10.2. The van der Waals surface area contributed by atoms with E-state index < -0.39 is 18.0 Å². The fourth-order valence-corrected chi connectivity index (χ4v) is 1.83. The summed E-state index contributed by atoms with van der Waals surface area (Å²) in [7, 11) is 0. The molecule has 1 aromatic carbocycles. The SMILES string of the molecule is CCOC(=O)C(Oc1ccc(SC)cc1)C(=O)OCC. The minimum atomic E-state index is -1.39. The Morgan fingerprint density at radius 3 is 1.95 bits per heavy atom. The molecule has 0 bridgehead atoms. The summed E-state index contributed by atoms with van der Waals surface area (Å²) < 4.78 is 15.0. The standard InChI is InChI=1S/C14H18O5S/c1-4-17-13(15)12(14(16)18-5-2)19-10-6-8-11(20-3)9-7-10/h6-9,12H,4-5H2,1-3H3. The number of hydrogen-bond acceptors (Lipinski definition) is 6. The van der Waals surface area contributed by atoms with E-state index in [0.29, 0.717) is 5.75 Å². The molecule has 1 rings (SSSR count). The van der Waals surface area contributed by atoms with Crippen molar-refractivity contribution in [1.82, 2.24) is 0 Å². The second kappa shape index (κ2) is 8.47. The van der Waals surface area contributed by atoms with Crippen molar-refractivity contribution in [3.05, 3.63) is 24.3 Å². The Hall–Kier alpha value is -1.69. The molecule has 0 aliphatic carbocycles. The van der Waals surface area contributed by atoms with Crippen molar-refractivity contribution in [1.29, 1.82) is 0 Å². The van der Waals surface area contributed by atoms with Crippen LogP contribution in [0.15, 0.2) is 29.2 Å². The summed E-state index contributed by atoms with van der Waals surface area (Å²) in [6, 6.07) is 7.06. The van der Waals surface area contributed by atoms with E-state index in [1.165, 1.54) is 0 Å². The van der Waals surface area contributed by atoms with E-state index in [9.17, 15) is 9.59 Å². The quantitative estimate of drug-likeness (QED) is 0.437. The molecule has 0 unspecified atom stereocenters. The minimum absolute atomic E-state index is 0.170. The van der Waals surface area contributed by atoms with Crippen molar-refractivity contribution < 1.29 is 23.8 Å². The number of carbonyl (C=O) groups is 2. The summed E-state index contributed by atoms with van der Waals surface area (Å²) in [5.41, 5.74) is 0. The van der Waals surface area contributed by atoms with Crippen LogP contribution < -0.4 is 4.74 Å². The molecule has 0 aromatic heterocycles. The largest absolute Gasteiger partial charge is 0.467 e. The van der Waals surface area contributed by atoms with Crippen molar-refractivity contribution >= 4 is 23.7 Å². The van der Waals surface area contributed by atoms with E-state index in [1.54, 1.807) is 37.7 Å². The van der Waals surface area contributed by atoms with Crippen LogP contribution in [0.25, 0.3) is 0 Å². The minimum Gasteiger partial charge on any atom is -0.467 e. The molecule has 5 nitrogen and oxygen atoms in total. The van der Waals surface area contributed by atoms with Crippen LogP contribution >= 0.6 is 11.8 Å². The summed E-state index contributed by atoms with van der Waals surface area (Å²) in [5.74, 6) is -1.09. The number of thioether (sulfide) groups is 1. The molecule has 0 atom stereocenters. The van der Waals surface area contributed by atoms with Crippen molar-refractivity contribution in [2.45, 2.75) is 24.8 Å². The monoisotopic (exact) mass is 298 g/mol. The fraction of sp³-hybridized carbons (Fsp3) is 0.429. The number of rotatable bonds is 7. The van der Waals surface area contributed by atoms with Gasteiger partial charge in [-0.15, -0.1) is 11.8 Å². The lowest BCUT2D eigenvalue weighted by Crippen LogP contribution is -2.38. The van der Waals surface area contributed by atoms with Gasteiger partial charge in [-0.2, -0.15) is 0 Å². The van der Waals surface area contributed by atoms with Crippen LogP contribution in [0, 0.1) is 0 Å². The van der Waals surface area contributed by atoms with Gasteiger partial charge in [-0.3, -0.25) is 0 Å². The first-order chi connectivity index (χ1) is 9.62. The molecular formula is C14H18O5S. The maximum atomic E-state index is 11.7. The van der Waals surface area contributed by atoms with Crippen LogP contribution in [0.4, 0.5) is 0 Å². The summed E-state index contributed by atoms with van der Waals surface area (Å²) >= 11 is 1.59. The van der Waals surface area contributed by atoms with Crippen molar-refractivity contribution in [3.8, 4) is 5.75 Å². The lowest BCUT2D eigenvalue weighted by Gasteiger charge is -2.16. The molecule has 0 aliphatic heterocycles. The Morgan fingerprint density at radius 1 is 1.05 bits per heavy atom. The third-order valence-electron chi connectivity index (χ3n) is 2.31. The molecule has 0 radical (unpaired) electrons. The van der Waals surface area contributed by atoms with Crippen molar-refractivity contribution in [2.24, 2.45) is 0 Å². The molecule has 6 heteroatoms. The number of hydrogen-bond donors (Lipinski definition) is 0. The van der Waals surface area contributed by atoms with Crippen LogP contribution in [0.2, 0.25) is 0 Å². The third-order valence-corrected chi connectivity index (χ3v) is 3.06. The molecule has 0 spiro atoms. The van der Waals surface area contributed by atoms with Crippen LogP contribution in [-0.4, -0.2) is 37.5 Å². The maximum Gasteiger partial charge on any atom is 0.359 e. The van der Waals surface area contributed by atoms with Gasteiger partial charge in [-0.25, -0.2) is 9.59 Å². The van der Waals surface area contributed by atoms with Gasteiger partial charge in [0.1, 0.15) is 5.75 Å². The van der Waals surface area contributed by atoms with Gasteiger partial charge in [0, 0.05) is 4.90 Å². The van der Waals surface area contributed by atoms with E-state index in [0.717, 1.165) is 4.90 Å². The molecule has 0 heterocycles. The van der Waals surface area contributed by atoms with Gasteiger partial charge >= 0.3 is 11.9 Å². The molecular weight excluding hydrogens is 280 g/mol. The smallest absolute Gasteiger partial charge is 0.359 e. The van der Waals surface area contributed by atoms with Crippen LogP contribution in [-0.2, 0) is 19.1 Å². The van der Waals surface area contributed by atoms with Crippen molar-refractivity contribution in [2.75, 3.05) is 19.5 Å². The number of esters is 2. The zero-order valence-electron chi connectivity index (χ0n) is 11.8. The predicted octanol–water partition coefficient (Wildman–Crippen LogP) is 2.28. The predicted molar refractivity (Wildman–Crippen MR) is 75.9 cm³/mol. The number of carbonyl (C=O) groups excluding carboxylic acids is 2. The van der Waals surface area contributed by atoms with Gasteiger partial charge in [-0.05, 0) is 44.4 Å². The van der Waals surface area contributed by atoms with E-state index >= 15 is 0 Å². The highest BCUT2D eigenvalue weighted by atomic mass is 32.2.